The quantitative estimate of drug-likeness (QED) is 0.770. The van der Waals surface area contributed by atoms with Crippen molar-refractivity contribution in [2.24, 2.45) is 11.1 Å². The number of carbonyl (C=O) groups is 2. The van der Waals surface area contributed by atoms with E-state index in [0.29, 0.717) is 22.5 Å². The highest BCUT2D eigenvalue weighted by Gasteiger charge is 2.23. The number of rotatable bonds is 5. The zero-order valence-electron chi connectivity index (χ0n) is 15.2. The molecular weight excluding hydrogens is 322 g/mol. The molecule has 2 heterocycles. The maximum Gasteiger partial charge on any atom is 0.411 e. The van der Waals surface area contributed by atoms with Crippen molar-refractivity contribution in [2.45, 2.75) is 40.7 Å². The first-order chi connectivity index (χ1) is 11.6. The van der Waals surface area contributed by atoms with Crippen molar-refractivity contribution in [3.05, 3.63) is 24.0 Å². The molecule has 2 aromatic heterocycles. The van der Waals surface area contributed by atoms with Gasteiger partial charge in [0.1, 0.15) is 0 Å². The van der Waals surface area contributed by atoms with Crippen LogP contribution >= 0.6 is 0 Å². The fourth-order valence-corrected chi connectivity index (χ4v) is 2.18. The summed E-state index contributed by atoms with van der Waals surface area (Å²) in [5, 5.41) is 10.2. The number of fused-ring (bicyclic) bond motifs is 1. The van der Waals surface area contributed by atoms with E-state index in [4.69, 9.17) is 10.5 Å². The van der Waals surface area contributed by atoms with Crippen LogP contribution in [0, 0.1) is 5.41 Å². The summed E-state index contributed by atoms with van der Waals surface area (Å²) in [6, 6.07) is 1.78. The molecule has 4 N–H and O–H groups in total. The Morgan fingerprint density at radius 2 is 2.08 bits per heavy atom. The number of hydrogen-bond acceptors (Lipinski definition) is 5. The molecule has 0 aromatic carbocycles. The molecule has 0 saturated carbocycles. The number of anilines is 2. The van der Waals surface area contributed by atoms with Crippen LogP contribution in [0.4, 0.5) is 16.2 Å². The van der Waals surface area contributed by atoms with E-state index in [1.165, 1.54) is 6.20 Å². The topological polar surface area (TPSA) is 111 Å². The van der Waals surface area contributed by atoms with Gasteiger partial charge in [-0.3, -0.25) is 10.1 Å². The minimum Gasteiger partial charge on any atom is -0.450 e. The molecule has 0 aliphatic heterocycles. The summed E-state index contributed by atoms with van der Waals surface area (Å²) in [6.07, 6.45) is 2.51. The van der Waals surface area contributed by atoms with Crippen LogP contribution in [0.5, 0.6) is 0 Å². The number of nitrogens with one attached hydrogen (secondary N) is 2. The average Bonchev–Trinajstić information content (AvgIpc) is 2.89. The number of nitrogens with zero attached hydrogens (tertiary/aromatic N) is 2. The second-order valence-electron chi connectivity index (χ2n) is 6.93. The van der Waals surface area contributed by atoms with Gasteiger partial charge in [-0.05, 0) is 25.3 Å². The Balaban J connectivity index is 2.47. The standard InChI is InChI=1S/C17H25N5O3/c1-6-25-16(24)21-11-7-13-14(20-10(2)17(3,4)5)12(15(18)23)8-19-22(13)9-11/h7-10,20H,6H2,1-5H3,(H2,18,23)(H,21,24). The van der Waals surface area contributed by atoms with Crippen LogP contribution in [-0.2, 0) is 4.74 Å². The number of primary amides is 1. The van der Waals surface area contributed by atoms with Gasteiger partial charge in [0, 0.05) is 6.04 Å². The lowest BCUT2D eigenvalue weighted by atomic mass is 9.88. The number of amides is 2. The third-order valence-electron chi connectivity index (χ3n) is 4.08. The molecule has 0 radical (unpaired) electrons. The third kappa shape index (κ3) is 4.20. The van der Waals surface area contributed by atoms with Crippen molar-refractivity contribution >= 4 is 28.9 Å². The van der Waals surface area contributed by atoms with Crippen molar-refractivity contribution in [3.63, 3.8) is 0 Å². The van der Waals surface area contributed by atoms with E-state index in [9.17, 15) is 9.59 Å². The first-order valence-electron chi connectivity index (χ1n) is 8.15. The van der Waals surface area contributed by atoms with E-state index < -0.39 is 12.0 Å². The lowest BCUT2D eigenvalue weighted by molar-refractivity contribution is 0.100. The zero-order chi connectivity index (χ0) is 18.8. The van der Waals surface area contributed by atoms with E-state index in [1.807, 2.05) is 6.92 Å². The number of hydrogen-bond donors (Lipinski definition) is 3. The Hall–Kier alpha value is -2.77. The van der Waals surface area contributed by atoms with Crippen LogP contribution in [0.3, 0.4) is 0 Å². The first-order valence-corrected chi connectivity index (χ1v) is 8.15. The second-order valence-corrected chi connectivity index (χ2v) is 6.93. The van der Waals surface area contributed by atoms with Crippen molar-refractivity contribution in [1.29, 1.82) is 0 Å². The van der Waals surface area contributed by atoms with E-state index in [0.717, 1.165) is 0 Å². The maximum absolute atomic E-state index is 11.8. The highest BCUT2D eigenvalue weighted by molar-refractivity contribution is 6.02. The minimum atomic E-state index is -0.570. The molecule has 0 bridgehead atoms. The van der Waals surface area contributed by atoms with Crippen molar-refractivity contribution < 1.29 is 14.3 Å². The number of carbonyl (C=O) groups excluding carboxylic acids is 2. The molecule has 2 aromatic rings. The Kier molecular flexibility index (Phi) is 5.20. The molecule has 8 nitrogen and oxygen atoms in total. The number of ether oxygens (including phenoxy) is 1. The maximum atomic E-state index is 11.8. The normalized spacial score (nSPS) is 12.7. The van der Waals surface area contributed by atoms with Gasteiger partial charge < -0.3 is 15.8 Å². The fourth-order valence-electron chi connectivity index (χ4n) is 2.18. The van der Waals surface area contributed by atoms with Crippen LogP contribution in [0.25, 0.3) is 5.52 Å². The molecule has 0 aliphatic rings. The van der Waals surface area contributed by atoms with Crippen LogP contribution in [0.15, 0.2) is 18.5 Å². The van der Waals surface area contributed by atoms with Gasteiger partial charge in [-0.2, -0.15) is 5.10 Å². The highest BCUT2D eigenvalue weighted by Crippen LogP contribution is 2.29. The van der Waals surface area contributed by atoms with Gasteiger partial charge in [0.25, 0.3) is 5.91 Å². The average molecular weight is 347 g/mol. The predicted molar refractivity (Wildman–Crippen MR) is 96.9 cm³/mol. The lowest BCUT2D eigenvalue weighted by Crippen LogP contribution is -2.32. The molecule has 0 fully saturated rings. The van der Waals surface area contributed by atoms with Gasteiger partial charge in [-0.15, -0.1) is 0 Å². The summed E-state index contributed by atoms with van der Waals surface area (Å²) >= 11 is 0. The minimum absolute atomic E-state index is 0.0339. The van der Waals surface area contributed by atoms with Crippen molar-refractivity contribution in [3.8, 4) is 0 Å². The van der Waals surface area contributed by atoms with Crippen LogP contribution in [-0.4, -0.2) is 34.3 Å². The smallest absolute Gasteiger partial charge is 0.411 e. The SMILES string of the molecule is CCOC(=O)Nc1cc2c(NC(C)C(C)(C)C)c(C(N)=O)cnn2c1. The van der Waals surface area contributed by atoms with Gasteiger partial charge in [0.15, 0.2) is 0 Å². The largest absolute Gasteiger partial charge is 0.450 e. The Labute approximate surface area is 146 Å². The fraction of sp³-hybridized carbons (Fsp3) is 0.471. The Morgan fingerprint density at radius 3 is 2.64 bits per heavy atom. The highest BCUT2D eigenvalue weighted by atomic mass is 16.5. The van der Waals surface area contributed by atoms with Gasteiger partial charge in [-0.25, -0.2) is 9.31 Å². The molecule has 25 heavy (non-hydrogen) atoms. The molecule has 2 rings (SSSR count). The number of nitrogens with two attached hydrogens (primary N) is 1. The molecule has 1 atom stereocenters. The van der Waals surface area contributed by atoms with Gasteiger partial charge in [0.2, 0.25) is 0 Å². The van der Waals surface area contributed by atoms with Crippen LogP contribution in [0.2, 0.25) is 0 Å². The molecule has 8 heteroatoms. The van der Waals surface area contributed by atoms with E-state index >= 15 is 0 Å². The summed E-state index contributed by atoms with van der Waals surface area (Å²) in [5.74, 6) is -0.570. The summed E-state index contributed by atoms with van der Waals surface area (Å²) in [4.78, 5) is 23.4. The molecule has 0 saturated heterocycles. The molecule has 1 unspecified atom stereocenters. The van der Waals surface area contributed by atoms with Gasteiger partial charge >= 0.3 is 6.09 Å². The van der Waals surface area contributed by atoms with Gasteiger partial charge in [-0.1, -0.05) is 20.8 Å². The Morgan fingerprint density at radius 1 is 1.40 bits per heavy atom. The molecule has 2 amide bonds. The van der Waals surface area contributed by atoms with Crippen LogP contribution in [0.1, 0.15) is 45.0 Å². The van der Waals surface area contributed by atoms with E-state index in [-0.39, 0.29) is 18.1 Å². The van der Waals surface area contributed by atoms with Crippen LogP contribution < -0.4 is 16.4 Å². The predicted octanol–water partition coefficient (Wildman–Crippen LogP) is 2.85. The summed E-state index contributed by atoms with van der Waals surface area (Å²) in [7, 11) is 0. The lowest BCUT2D eigenvalue weighted by Gasteiger charge is -2.29. The summed E-state index contributed by atoms with van der Waals surface area (Å²) in [6.45, 7) is 10.3. The molecule has 136 valence electrons. The monoisotopic (exact) mass is 347 g/mol. The Bertz CT molecular complexity index is 791. The molecule has 0 aliphatic carbocycles. The zero-order valence-corrected chi connectivity index (χ0v) is 15.2. The molecular formula is C17H25N5O3. The first kappa shape index (κ1) is 18.6. The second kappa shape index (κ2) is 7.00. The van der Waals surface area contributed by atoms with Crippen molar-refractivity contribution in [1.82, 2.24) is 9.61 Å². The van der Waals surface area contributed by atoms with E-state index in [2.05, 4.69) is 36.5 Å². The number of aromatic nitrogens is 2. The summed E-state index contributed by atoms with van der Waals surface area (Å²) in [5.41, 5.74) is 7.50. The van der Waals surface area contributed by atoms with Gasteiger partial charge in [0.05, 0.1) is 41.5 Å². The third-order valence-corrected chi connectivity index (χ3v) is 4.08. The van der Waals surface area contributed by atoms with Crippen molar-refractivity contribution in [2.75, 3.05) is 17.2 Å². The van der Waals surface area contributed by atoms with E-state index in [1.54, 1.807) is 23.7 Å². The molecule has 0 spiro atoms. The summed E-state index contributed by atoms with van der Waals surface area (Å²) < 4.78 is 6.45.